The van der Waals surface area contributed by atoms with Gasteiger partial charge in [0.2, 0.25) is 10.0 Å². The lowest BCUT2D eigenvalue weighted by Gasteiger charge is -2.33. The molecule has 2 aromatic rings. The van der Waals surface area contributed by atoms with Crippen LogP contribution >= 0.6 is 24.8 Å². The van der Waals surface area contributed by atoms with Gasteiger partial charge in [0.25, 0.3) is 0 Å². The number of nitrogen functional groups attached to an aromatic ring is 1. The molecule has 0 aromatic heterocycles. The highest BCUT2D eigenvalue weighted by Gasteiger charge is 2.26. The van der Waals surface area contributed by atoms with Crippen LogP contribution in [0.4, 0.5) is 5.69 Å². The minimum absolute atomic E-state index is 0. The minimum Gasteiger partial charge on any atom is -0.490 e. The fraction of sp³-hybridized carbons (Fsp3) is 0.370. The molecule has 0 atom stereocenters. The van der Waals surface area contributed by atoms with Crippen LogP contribution < -0.4 is 14.8 Å². The van der Waals surface area contributed by atoms with Crippen molar-refractivity contribution >= 4 is 64.2 Å². The largest absolute Gasteiger partial charge is 0.490 e. The van der Waals surface area contributed by atoms with Gasteiger partial charge in [-0.1, -0.05) is 30.4 Å². The van der Waals surface area contributed by atoms with Crippen LogP contribution in [-0.4, -0.2) is 74.1 Å². The predicted molar refractivity (Wildman–Crippen MR) is 163 cm³/mol. The summed E-state index contributed by atoms with van der Waals surface area (Å²) in [5, 5.41) is 16.7. The molecule has 4 N–H and O–H groups in total. The molecule has 10 nitrogen and oxygen atoms in total. The third-order valence-corrected chi connectivity index (χ3v) is 8.15. The number of ether oxygens (including phenoxy) is 1. The molecule has 0 unspecified atom stereocenters. The van der Waals surface area contributed by atoms with Crippen molar-refractivity contribution < 1.29 is 23.1 Å². The Balaban J connectivity index is 0.00000280. The zero-order valence-electron chi connectivity index (χ0n) is 21.9. The van der Waals surface area contributed by atoms with Gasteiger partial charge in [0.05, 0.1) is 18.1 Å². The predicted octanol–water partition coefficient (Wildman–Crippen LogP) is 3.78. The van der Waals surface area contributed by atoms with E-state index in [4.69, 9.17) is 21.0 Å². The van der Waals surface area contributed by atoms with Gasteiger partial charge in [-0.25, -0.2) is 8.42 Å². The highest BCUT2D eigenvalue weighted by Crippen LogP contribution is 2.26. The van der Waals surface area contributed by atoms with E-state index in [1.165, 1.54) is 5.84 Å². The van der Waals surface area contributed by atoms with Crippen molar-refractivity contribution in [2.45, 2.75) is 31.8 Å². The van der Waals surface area contributed by atoms with Gasteiger partial charge in [-0.15, -0.1) is 24.8 Å². The molecule has 0 spiro atoms. The number of benzene rings is 2. The van der Waals surface area contributed by atoms with E-state index < -0.39 is 21.7 Å². The highest BCUT2D eigenvalue weighted by atomic mass is 35.5. The van der Waals surface area contributed by atoms with E-state index in [1.807, 2.05) is 0 Å². The first kappa shape index (κ1) is 32.9. The van der Waals surface area contributed by atoms with Gasteiger partial charge >= 0.3 is 5.97 Å². The number of aliphatic carboxylic acids is 1. The molecule has 2 aliphatic heterocycles. The van der Waals surface area contributed by atoms with E-state index >= 15 is 0 Å². The third-order valence-electron chi connectivity index (χ3n) is 6.51. The molecular formula is C27H35Cl2N5O5S. The first-order valence-corrected chi connectivity index (χ1v) is 14.2. The summed E-state index contributed by atoms with van der Waals surface area (Å²) >= 11 is 0. The Labute approximate surface area is 247 Å². The van der Waals surface area contributed by atoms with Crippen molar-refractivity contribution in [2.75, 3.05) is 36.2 Å². The summed E-state index contributed by atoms with van der Waals surface area (Å²) in [5.74, 6) is -0.679. The number of rotatable bonds is 10. The third kappa shape index (κ3) is 8.87. The molecule has 4 rings (SSSR count). The number of anilines is 1. The molecule has 218 valence electrons. The molecule has 0 radical (unpaired) electrons. The number of halogens is 2. The lowest BCUT2D eigenvalue weighted by atomic mass is 10.1. The van der Waals surface area contributed by atoms with Gasteiger partial charge in [-0.3, -0.25) is 19.5 Å². The van der Waals surface area contributed by atoms with Gasteiger partial charge in [-0.05, 0) is 42.3 Å². The Bertz CT molecular complexity index is 1330. The maximum atomic E-state index is 12.9. The highest BCUT2D eigenvalue weighted by molar-refractivity contribution is 7.93. The normalized spacial score (nSPS) is 15.6. The molecule has 2 heterocycles. The lowest BCUT2D eigenvalue weighted by Crippen LogP contribution is -2.41. The van der Waals surface area contributed by atoms with Gasteiger partial charge < -0.3 is 20.5 Å². The Hall–Kier alpha value is -3.28. The quantitative estimate of drug-likeness (QED) is 0.273. The van der Waals surface area contributed by atoms with E-state index in [2.05, 4.69) is 9.89 Å². The fourth-order valence-corrected chi connectivity index (χ4v) is 5.83. The average molecular weight is 613 g/mol. The van der Waals surface area contributed by atoms with Crippen LogP contribution in [0.1, 0.15) is 36.8 Å². The Kier molecular flexibility index (Phi) is 12.3. The van der Waals surface area contributed by atoms with Gasteiger partial charge in [0, 0.05) is 44.5 Å². The molecule has 0 saturated carbocycles. The molecular weight excluding hydrogens is 577 g/mol. The summed E-state index contributed by atoms with van der Waals surface area (Å²) in [6.45, 7) is 2.66. The fourth-order valence-electron chi connectivity index (χ4n) is 4.61. The zero-order valence-corrected chi connectivity index (χ0v) is 24.4. The SMILES string of the molecule is Cl.Cl.N=C(N)c1cccc(/C=C/CN(c2ccc(OC3CCN(C4=NCCC4)CC3)cc2)S(=O)(=O)CC(=O)O)c1. The molecule has 0 bridgehead atoms. The van der Waals surface area contributed by atoms with Gasteiger partial charge in [0.15, 0.2) is 5.75 Å². The lowest BCUT2D eigenvalue weighted by molar-refractivity contribution is -0.134. The molecule has 1 fully saturated rings. The second kappa shape index (κ2) is 14.9. The van der Waals surface area contributed by atoms with Crippen LogP contribution in [0, 0.1) is 5.41 Å². The van der Waals surface area contributed by atoms with Crippen LogP contribution in [0.25, 0.3) is 6.08 Å². The summed E-state index contributed by atoms with van der Waals surface area (Å²) < 4.78 is 33.0. The molecule has 2 aromatic carbocycles. The van der Waals surface area contributed by atoms with Crippen molar-refractivity contribution in [1.29, 1.82) is 5.41 Å². The molecule has 0 aliphatic carbocycles. The topological polar surface area (TPSA) is 149 Å². The zero-order chi connectivity index (χ0) is 27.1. The molecule has 2 aliphatic rings. The van der Waals surface area contributed by atoms with E-state index in [0.29, 0.717) is 17.0 Å². The summed E-state index contributed by atoms with van der Waals surface area (Å²) in [6.07, 6.45) is 7.35. The van der Waals surface area contributed by atoms with E-state index in [-0.39, 0.29) is 43.3 Å². The number of likely N-dealkylation sites (tertiary alicyclic amines) is 1. The molecule has 0 amide bonds. The maximum Gasteiger partial charge on any atom is 0.320 e. The van der Waals surface area contributed by atoms with Gasteiger partial charge in [0.1, 0.15) is 17.7 Å². The second-order valence-corrected chi connectivity index (χ2v) is 11.2. The second-order valence-electron chi connectivity index (χ2n) is 9.32. The first-order chi connectivity index (χ1) is 18.2. The summed E-state index contributed by atoms with van der Waals surface area (Å²) in [4.78, 5) is 18.2. The number of aliphatic imine (C=N–C) groups is 1. The number of piperidine rings is 1. The van der Waals surface area contributed by atoms with E-state index in [9.17, 15) is 13.2 Å². The number of carbonyl (C=O) groups is 1. The van der Waals surface area contributed by atoms with Crippen molar-refractivity contribution in [3.05, 3.63) is 65.7 Å². The number of carboxylic acid groups (broad SMARTS) is 1. The minimum atomic E-state index is -4.13. The van der Waals surface area contributed by atoms with Crippen molar-refractivity contribution in [1.82, 2.24) is 4.90 Å². The van der Waals surface area contributed by atoms with Crippen molar-refractivity contribution in [3.8, 4) is 5.75 Å². The number of nitrogens with one attached hydrogen (secondary N) is 1. The Morgan fingerprint density at radius 1 is 1.18 bits per heavy atom. The first-order valence-electron chi connectivity index (χ1n) is 12.6. The van der Waals surface area contributed by atoms with Crippen LogP contribution in [0.5, 0.6) is 5.75 Å². The van der Waals surface area contributed by atoms with Crippen molar-refractivity contribution in [2.24, 2.45) is 10.7 Å². The molecule has 13 heteroatoms. The molecule has 1 saturated heterocycles. The van der Waals surface area contributed by atoms with E-state index in [0.717, 1.165) is 55.2 Å². The summed E-state index contributed by atoms with van der Waals surface area (Å²) in [5.41, 5.74) is 7.17. The maximum absolute atomic E-state index is 12.9. The van der Waals surface area contributed by atoms with E-state index in [1.54, 1.807) is 60.7 Å². The van der Waals surface area contributed by atoms with Crippen LogP contribution in [0.3, 0.4) is 0 Å². The Morgan fingerprint density at radius 3 is 2.48 bits per heavy atom. The number of nitrogens with two attached hydrogens (primary N) is 1. The van der Waals surface area contributed by atoms with Crippen LogP contribution in [0.2, 0.25) is 0 Å². The van der Waals surface area contributed by atoms with Crippen LogP contribution in [0.15, 0.2) is 59.6 Å². The number of nitrogens with zero attached hydrogens (tertiary/aromatic N) is 3. The van der Waals surface area contributed by atoms with Crippen molar-refractivity contribution in [3.63, 3.8) is 0 Å². The number of sulfonamides is 1. The number of hydrogen-bond acceptors (Lipinski definition) is 7. The summed E-state index contributed by atoms with van der Waals surface area (Å²) in [6, 6.07) is 13.7. The van der Waals surface area contributed by atoms with Crippen LogP contribution in [-0.2, 0) is 14.8 Å². The monoisotopic (exact) mass is 611 g/mol. The standard InChI is InChI=1S/C27H33N5O5S.2ClH/c28-27(29)21-6-1-4-20(18-21)5-3-15-32(38(35,36)19-26(33)34)22-8-10-23(11-9-22)37-24-12-16-31(17-13-24)25-7-2-14-30-25;;/h1,3-6,8-11,18,24H,2,7,12-17,19H2,(H3,28,29)(H,33,34);2*1H/b5-3+;;. The number of amidine groups is 2. The number of carboxylic acids is 1. The average Bonchev–Trinajstić information content (AvgIpc) is 3.42. The smallest absolute Gasteiger partial charge is 0.320 e. The molecule has 40 heavy (non-hydrogen) atoms. The Morgan fingerprint density at radius 2 is 1.88 bits per heavy atom. The number of hydrogen-bond donors (Lipinski definition) is 3. The summed E-state index contributed by atoms with van der Waals surface area (Å²) in [7, 11) is -4.13. The van der Waals surface area contributed by atoms with Gasteiger partial charge in [-0.2, -0.15) is 0 Å².